The third-order valence-corrected chi connectivity index (χ3v) is 5.34. The van der Waals surface area contributed by atoms with Crippen LogP contribution in [-0.4, -0.2) is 22.7 Å². The average molecular weight is 439 g/mol. The summed E-state index contributed by atoms with van der Waals surface area (Å²) >= 11 is 0. The Hall–Kier alpha value is -4.12. The van der Waals surface area contributed by atoms with Gasteiger partial charge in [-0.3, -0.25) is 9.48 Å². The predicted molar refractivity (Wildman–Crippen MR) is 131 cm³/mol. The number of aryl methyl sites for hydroxylation is 2. The number of hydrogen-bond acceptors (Lipinski definition) is 4. The summed E-state index contributed by atoms with van der Waals surface area (Å²) in [7, 11) is 3.40. The predicted octanol–water partition coefficient (Wildman–Crippen LogP) is 5.88. The Bertz CT molecular complexity index is 1270. The second kappa shape index (κ2) is 10.0. The fraction of sp³-hybridized carbons (Fsp3) is 0.143. The lowest BCUT2D eigenvalue weighted by Crippen LogP contribution is -2.04. The fourth-order valence-electron chi connectivity index (χ4n) is 3.65. The highest BCUT2D eigenvalue weighted by Crippen LogP contribution is 2.25. The third kappa shape index (κ3) is 5.39. The van der Waals surface area contributed by atoms with E-state index in [0.29, 0.717) is 12.3 Å². The first-order valence-corrected chi connectivity index (χ1v) is 10.7. The van der Waals surface area contributed by atoms with Gasteiger partial charge in [0.1, 0.15) is 23.8 Å². The lowest BCUT2D eigenvalue weighted by molar-refractivity contribution is 0.103. The highest BCUT2D eigenvalue weighted by atomic mass is 16.5. The quantitative estimate of drug-likeness (QED) is 0.255. The molecular weight excluding hydrogens is 412 g/mol. The molecule has 166 valence electrons. The normalized spacial score (nSPS) is 11.0. The van der Waals surface area contributed by atoms with Crippen molar-refractivity contribution in [3.8, 4) is 22.6 Å². The van der Waals surface area contributed by atoms with E-state index in [1.807, 2.05) is 67.6 Å². The molecule has 5 heteroatoms. The van der Waals surface area contributed by atoms with Crippen LogP contribution in [-0.2, 0) is 13.7 Å². The number of ether oxygens (including phenoxy) is 2. The first-order valence-electron chi connectivity index (χ1n) is 10.7. The van der Waals surface area contributed by atoms with E-state index in [2.05, 4.69) is 17.2 Å². The number of ketones is 1. The fourth-order valence-corrected chi connectivity index (χ4v) is 3.65. The maximum atomic E-state index is 12.5. The molecule has 4 rings (SSSR count). The Morgan fingerprint density at radius 2 is 1.70 bits per heavy atom. The van der Waals surface area contributed by atoms with E-state index < -0.39 is 0 Å². The van der Waals surface area contributed by atoms with Crippen molar-refractivity contribution in [1.82, 2.24) is 9.78 Å². The summed E-state index contributed by atoms with van der Waals surface area (Å²) in [5.74, 6) is 1.42. The third-order valence-electron chi connectivity index (χ3n) is 5.34. The van der Waals surface area contributed by atoms with Crippen molar-refractivity contribution in [2.24, 2.45) is 7.05 Å². The SMILES string of the molecule is COc1ccc(/C=C/C(=O)c2cc(C)nn2C)cc1COc1ccc(-c2ccccc2)cc1. The first kappa shape index (κ1) is 22.1. The smallest absolute Gasteiger partial charge is 0.203 e. The Kier molecular flexibility index (Phi) is 6.69. The molecule has 0 aliphatic rings. The summed E-state index contributed by atoms with van der Waals surface area (Å²) in [4.78, 5) is 12.5. The topological polar surface area (TPSA) is 53.3 Å². The highest BCUT2D eigenvalue weighted by Gasteiger charge is 2.09. The number of nitrogens with zero attached hydrogens (tertiary/aromatic N) is 2. The standard InChI is InChI=1S/C28H26N2O3/c1-20-17-26(30(2)29-20)27(31)15-9-21-10-16-28(32-3)24(18-21)19-33-25-13-11-23(12-14-25)22-7-5-4-6-8-22/h4-18H,19H2,1-3H3/b15-9+. The minimum Gasteiger partial charge on any atom is -0.496 e. The minimum absolute atomic E-state index is 0.0924. The van der Waals surface area contributed by atoms with Crippen LogP contribution in [0.15, 0.2) is 84.9 Å². The van der Waals surface area contributed by atoms with Crippen LogP contribution >= 0.6 is 0 Å². The Morgan fingerprint density at radius 3 is 2.36 bits per heavy atom. The van der Waals surface area contributed by atoms with Crippen LogP contribution in [0.25, 0.3) is 17.2 Å². The van der Waals surface area contributed by atoms with Gasteiger partial charge in [0.05, 0.1) is 12.8 Å². The maximum absolute atomic E-state index is 12.5. The zero-order chi connectivity index (χ0) is 23.2. The number of carbonyl (C=O) groups excluding carboxylic acids is 1. The van der Waals surface area contributed by atoms with Crippen LogP contribution in [0.5, 0.6) is 11.5 Å². The molecule has 0 saturated heterocycles. The van der Waals surface area contributed by atoms with Crippen LogP contribution in [0.4, 0.5) is 0 Å². The van der Waals surface area contributed by atoms with E-state index >= 15 is 0 Å². The first-order chi connectivity index (χ1) is 16.0. The van der Waals surface area contributed by atoms with Gasteiger partial charge in [0.15, 0.2) is 0 Å². The molecule has 1 aromatic heterocycles. The molecule has 33 heavy (non-hydrogen) atoms. The van der Waals surface area contributed by atoms with Crippen LogP contribution in [0.2, 0.25) is 0 Å². The number of benzene rings is 3. The van der Waals surface area contributed by atoms with E-state index in [0.717, 1.165) is 33.9 Å². The average Bonchev–Trinajstić information content (AvgIpc) is 3.20. The molecule has 0 N–H and O–H groups in total. The number of rotatable bonds is 8. The van der Waals surface area contributed by atoms with Crippen molar-refractivity contribution in [1.29, 1.82) is 0 Å². The van der Waals surface area contributed by atoms with Crippen LogP contribution in [0.3, 0.4) is 0 Å². The largest absolute Gasteiger partial charge is 0.496 e. The lowest BCUT2D eigenvalue weighted by atomic mass is 10.1. The van der Waals surface area contributed by atoms with Crippen molar-refractivity contribution < 1.29 is 14.3 Å². The van der Waals surface area contributed by atoms with Gasteiger partial charge in [-0.25, -0.2) is 0 Å². The summed E-state index contributed by atoms with van der Waals surface area (Å²) < 4.78 is 13.1. The van der Waals surface area contributed by atoms with Gasteiger partial charge in [0.2, 0.25) is 5.78 Å². The number of carbonyl (C=O) groups is 1. The molecule has 0 aliphatic heterocycles. The molecule has 1 heterocycles. The molecule has 0 bridgehead atoms. The summed E-state index contributed by atoms with van der Waals surface area (Å²) in [5, 5.41) is 4.23. The van der Waals surface area contributed by atoms with E-state index in [-0.39, 0.29) is 5.78 Å². The number of aromatic nitrogens is 2. The Balaban J connectivity index is 1.46. The number of hydrogen-bond donors (Lipinski definition) is 0. The molecule has 0 spiro atoms. The summed E-state index contributed by atoms with van der Waals surface area (Å²) in [6, 6.07) is 25.8. The Labute approximate surface area is 193 Å². The van der Waals surface area contributed by atoms with Gasteiger partial charge in [-0.2, -0.15) is 5.10 Å². The molecular formula is C28H26N2O3. The monoisotopic (exact) mass is 438 g/mol. The minimum atomic E-state index is -0.0924. The van der Waals surface area contributed by atoms with E-state index in [4.69, 9.17) is 9.47 Å². The molecule has 0 saturated carbocycles. The van der Waals surface area contributed by atoms with Gasteiger partial charge in [-0.05, 0) is 60.0 Å². The molecule has 4 aromatic rings. The van der Waals surface area contributed by atoms with E-state index in [1.54, 1.807) is 37.1 Å². The molecule has 0 aliphatic carbocycles. The zero-order valence-electron chi connectivity index (χ0n) is 19.0. The zero-order valence-corrected chi connectivity index (χ0v) is 19.0. The van der Waals surface area contributed by atoms with Crippen molar-refractivity contribution in [3.05, 3.63) is 107 Å². The molecule has 0 amide bonds. The molecule has 0 unspecified atom stereocenters. The van der Waals surface area contributed by atoms with Crippen molar-refractivity contribution >= 4 is 11.9 Å². The van der Waals surface area contributed by atoms with Crippen molar-refractivity contribution in [3.63, 3.8) is 0 Å². The van der Waals surface area contributed by atoms with Crippen LogP contribution in [0, 0.1) is 6.92 Å². The summed E-state index contributed by atoms with van der Waals surface area (Å²) in [5.41, 5.74) is 5.47. The van der Waals surface area contributed by atoms with Gasteiger partial charge >= 0.3 is 0 Å². The maximum Gasteiger partial charge on any atom is 0.203 e. The summed E-state index contributed by atoms with van der Waals surface area (Å²) in [6.45, 7) is 2.22. The van der Waals surface area contributed by atoms with E-state index in [1.165, 1.54) is 5.56 Å². The summed E-state index contributed by atoms with van der Waals surface area (Å²) in [6.07, 6.45) is 3.35. The van der Waals surface area contributed by atoms with Gasteiger partial charge in [-0.15, -0.1) is 0 Å². The van der Waals surface area contributed by atoms with Crippen molar-refractivity contribution in [2.75, 3.05) is 7.11 Å². The van der Waals surface area contributed by atoms with Crippen molar-refractivity contribution in [2.45, 2.75) is 13.5 Å². The van der Waals surface area contributed by atoms with Gasteiger partial charge in [0, 0.05) is 12.6 Å². The second-order valence-electron chi connectivity index (χ2n) is 7.74. The highest BCUT2D eigenvalue weighted by molar-refractivity contribution is 6.05. The molecule has 0 fully saturated rings. The van der Waals surface area contributed by atoms with Gasteiger partial charge in [0.25, 0.3) is 0 Å². The van der Waals surface area contributed by atoms with E-state index in [9.17, 15) is 4.79 Å². The van der Waals surface area contributed by atoms with Crippen LogP contribution < -0.4 is 9.47 Å². The lowest BCUT2D eigenvalue weighted by Gasteiger charge is -2.12. The molecule has 0 atom stereocenters. The Morgan fingerprint density at radius 1 is 0.970 bits per heavy atom. The molecule has 3 aromatic carbocycles. The van der Waals surface area contributed by atoms with Gasteiger partial charge < -0.3 is 9.47 Å². The van der Waals surface area contributed by atoms with Crippen LogP contribution in [0.1, 0.15) is 27.3 Å². The second-order valence-corrected chi connectivity index (χ2v) is 7.74. The number of methoxy groups -OCH3 is 1. The van der Waals surface area contributed by atoms with Gasteiger partial charge in [-0.1, -0.05) is 54.6 Å². The molecule has 5 nitrogen and oxygen atoms in total. The molecule has 0 radical (unpaired) electrons. The number of allylic oxidation sites excluding steroid dienone is 1.